The van der Waals surface area contributed by atoms with Crippen molar-refractivity contribution < 1.29 is 0 Å². The molecule has 0 aromatic heterocycles. The van der Waals surface area contributed by atoms with E-state index in [4.69, 9.17) is 4.99 Å². The Kier molecular flexibility index (Phi) is 6.58. The summed E-state index contributed by atoms with van der Waals surface area (Å²) < 4.78 is 0. The van der Waals surface area contributed by atoms with Crippen molar-refractivity contribution in [2.45, 2.75) is 149 Å². The molecule has 0 amide bonds. The zero-order valence-electron chi connectivity index (χ0n) is 27.6. The zero-order valence-corrected chi connectivity index (χ0v) is 28.5. The number of guanidine groups is 1. The molecule has 3 saturated heterocycles. The van der Waals surface area contributed by atoms with Gasteiger partial charge in [0.2, 0.25) is 0 Å². The molecule has 13 atom stereocenters. The maximum atomic E-state index is 5.91. The molecule has 5 aliphatic carbocycles. The fraction of sp³-hybridized carbons (Fsp3) is 0.683. The molecule has 13 unspecified atom stereocenters. The van der Waals surface area contributed by atoms with E-state index in [1.807, 2.05) is 0 Å². The van der Waals surface area contributed by atoms with Gasteiger partial charge in [0.05, 0.1) is 12.1 Å². The van der Waals surface area contributed by atoms with Crippen LogP contribution in [0.2, 0.25) is 11.6 Å². The van der Waals surface area contributed by atoms with Crippen LogP contribution in [0.15, 0.2) is 59.6 Å². The van der Waals surface area contributed by atoms with Crippen molar-refractivity contribution in [3.05, 3.63) is 54.6 Å². The van der Waals surface area contributed by atoms with Gasteiger partial charge < -0.3 is 9.80 Å². The second kappa shape index (κ2) is 10.8. The Morgan fingerprint density at radius 3 is 2.37 bits per heavy atom. The smallest absolute Gasteiger partial charge is 0.198 e. The van der Waals surface area contributed by atoms with Gasteiger partial charge in [-0.25, -0.2) is 4.99 Å². The number of hydrogen-bond acceptors (Lipinski definition) is 4. The lowest BCUT2D eigenvalue weighted by molar-refractivity contribution is -0.0573. The van der Waals surface area contributed by atoms with Gasteiger partial charge in [-0.05, 0) is 85.5 Å². The van der Waals surface area contributed by atoms with Crippen LogP contribution in [0, 0.1) is 23.7 Å². The number of aliphatic imine (C=N–C) groups is 1. The second-order valence-electron chi connectivity index (χ2n) is 17.2. The molecule has 0 N–H and O–H groups in total. The van der Waals surface area contributed by atoms with E-state index in [1.165, 1.54) is 113 Å². The Bertz CT molecular complexity index is 1510. The van der Waals surface area contributed by atoms with Gasteiger partial charge in [-0.3, -0.25) is 0 Å². The van der Waals surface area contributed by atoms with E-state index in [0.717, 1.165) is 51.8 Å². The van der Waals surface area contributed by atoms with Crippen LogP contribution in [-0.2, 0) is 0 Å². The maximum Gasteiger partial charge on any atom is 0.198 e. The molecule has 0 radical (unpaired) electrons. The second-order valence-corrected chi connectivity index (χ2v) is 18.6. The van der Waals surface area contributed by atoms with Crippen LogP contribution in [0.1, 0.15) is 96.3 Å². The predicted molar refractivity (Wildman–Crippen MR) is 193 cm³/mol. The van der Waals surface area contributed by atoms with Crippen LogP contribution in [0.4, 0.5) is 0 Å². The van der Waals surface area contributed by atoms with Gasteiger partial charge in [0.25, 0.3) is 0 Å². The quantitative estimate of drug-likeness (QED) is 0.311. The van der Waals surface area contributed by atoms with E-state index >= 15 is 0 Å². The van der Waals surface area contributed by atoms with E-state index in [0.29, 0.717) is 30.9 Å². The minimum Gasteiger partial charge on any atom is -0.336 e. The molecule has 46 heavy (non-hydrogen) atoms. The monoisotopic (exact) mass is 629 g/mol. The highest BCUT2D eigenvalue weighted by Crippen LogP contribution is 2.65. The van der Waals surface area contributed by atoms with Gasteiger partial charge in [0, 0.05) is 34.5 Å². The molecule has 240 valence electrons. The largest absolute Gasteiger partial charge is 0.336 e. The molecule has 8 fully saturated rings. The highest BCUT2D eigenvalue weighted by molar-refractivity contribution is 8.00. The van der Waals surface area contributed by atoms with Crippen molar-refractivity contribution in [1.82, 2.24) is 9.80 Å². The number of hydrogen-bond donors (Lipinski definition) is 0. The third kappa shape index (κ3) is 3.90. The molecular formula is C41H52BN3S. The maximum absolute atomic E-state index is 5.91. The first-order valence-corrected chi connectivity index (χ1v) is 20.7. The summed E-state index contributed by atoms with van der Waals surface area (Å²) in [6.45, 7) is 0.672. The lowest BCUT2D eigenvalue weighted by atomic mass is 9.22. The van der Waals surface area contributed by atoms with Gasteiger partial charge in [0.15, 0.2) is 12.7 Å². The topological polar surface area (TPSA) is 18.8 Å². The van der Waals surface area contributed by atoms with E-state index in [-0.39, 0.29) is 0 Å². The summed E-state index contributed by atoms with van der Waals surface area (Å²) in [6.07, 6.45) is 21.6. The number of rotatable bonds is 2. The lowest BCUT2D eigenvalue weighted by Crippen LogP contribution is -2.77. The molecule has 2 aromatic rings. The summed E-state index contributed by atoms with van der Waals surface area (Å²) in [6, 6.07) is 24.6. The summed E-state index contributed by atoms with van der Waals surface area (Å²) in [5, 5.41) is 1.72. The molecule has 0 bridgehead atoms. The summed E-state index contributed by atoms with van der Waals surface area (Å²) in [7, 11) is 0. The van der Waals surface area contributed by atoms with Gasteiger partial charge in [-0.15, -0.1) is 0 Å². The number of nitrogens with zero attached hydrogens (tertiary/aromatic N) is 3. The number of fused-ring (bicyclic) bond motifs is 11. The fourth-order valence-electron chi connectivity index (χ4n) is 14.1. The van der Waals surface area contributed by atoms with Crippen LogP contribution in [0.5, 0.6) is 0 Å². The van der Waals surface area contributed by atoms with Gasteiger partial charge in [0.1, 0.15) is 0 Å². The van der Waals surface area contributed by atoms with Crippen LogP contribution in [0.3, 0.4) is 0 Å². The Balaban J connectivity index is 1.10. The van der Waals surface area contributed by atoms with E-state index < -0.39 is 0 Å². The Morgan fingerprint density at radius 1 is 0.630 bits per heavy atom. The fourth-order valence-corrected chi connectivity index (χ4v) is 16.4. The average molecular weight is 630 g/mol. The van der Waals surface area contributed by atoms with Crippen molar-refractivity contribution in [2.75, 3.05) is 0 Å². The third-order valence-corrected chi connectivity index (χ3v) is 17.4. The van der Waals surface area contributed by atoms with Gasteiger partial charge in [-0.2, -0.15) is 11.8 Å². The van der Waals surface area contributed by atoms with E-state index in [1.54, 1.807) is 5.46 Å². The minimum atomic E-state index is 0.566. The molecule has 3 nitrogen and oxygen atoms in total. The summed E-state index contributed by atoms with van der Waals surface area (Å²) in [4.78, 5) is 12.2. The lowest BCUT2D eigenvalue weighted by Gasteiger charge is -2.68. The van der Waals surface area contributed by atoms with E-state index in [2.05, 4.69) is 76.2 Å². The SMILES string of the molecule is c1ccc(-c2ccccc2B2C3CCC4C5CCCCC5SC4C3N3C4=NC5CCCCC5N4C4CCCC5CCC2C3C54)cc1. The Hall–Kier alpha value is -1.88. The molecule has 11 rings (SSSR count). The summed E-state index contributed by atoms with van der Waals surface area (Å²) in [5.74, 6) is 6.71. The number of benzene rings is 2. The molecule has 5 saturated carbocycles. The Morgan fingerprint density at radius 2 is 1.41 bits per heavy atom. The van der Waals surface area contributed by atoms with Crippen molar-refractivity contribution >= 4 is 29.9 Å². The minimum absolute atomic E-state index is 0.566. The predicted octanol–water partition coefficient (Wildman–Crippen LogP) is 8.51. The van der Waals surface area contributed by atoms with Crippen LogP contribution >= 0.6 is 11.8 Å². The molecule has 5 heteroatoms. The van der Waals surface area contributed by atoms with Gasteiger partial charge >= 0.3 is 0 Å². The molecule has 4 heterocycles. The first-order valence-electron chi connectivity index (χ1n) is 19.8. The molecule has 2 aromatic carbocycles. The highest BCUT2D eigenvalue weighted by atomic mass is 32.2. The zero-order chi connectivity index (χ0) is 29.9. The van der Waals surface area contributed by atoms with E-state index in [9.17, 15) is 0 Å². The molecule has 0 spiro atoms. The molecule has 9 aliphatic rings. The number of thioether (sulfide) groups is 1. The van der Waals surface area contributed by atoms with Crippen molar-refractivity contribution in [3.63, 3.8) is 0 Å². The first kappa shape index (κ1) is 28.0. The van der Waals surface area contributed by atoms with Crippen LogP contribution < -0.4 is 5.46 Å². The first-order chi connectivity index (χ1) is 22.8. The summed E-state index contributed by atoms with van der Waals surface area (Å²) >= 11 is 2.51. The van der Waals surface area contributed by atoms with Crippen LogP contribution in [-0.4, -0.2) is 63.2 Å². The van der Waals surface area contributed by atoms with Crippen molar-refractivity contribution in [2.24, 2.45) is 28.7 Å². The van der Waals surface area contributed by atoms with Crippen molar-refractivity contribution in [1.29, 1.82) is 0 Å². The standard InChI is InChI=1S/C41H52BN3S/c1-2-11-25(12-3-1)27-14-4-6-16-30(27)42-31-23-21-26-13-10-19-35-37(26)38(31)45(41-43-33-17-7-8-18-34(33)44(35)41)39-32(42)24-22-29-28-15-5-9-20-36(28)46-40(29)39/h1-4,6,11-12,14,16,26,28-29,31-40H,5,7-10,13,15,17-24H2. The average Bonchev–Trinajstić information content (AvgIpc) is 3.70. The van der Waals surface area contributed by atoms with Crippen LogP contribution in [0.25, 0.3) is 11.1 Å². The Labute approximate surface area is 281 Å². The molecular weight excluding hydrogens is 577 g/mol. The molecule has 4 aliphatic heterocycles. The van der Waals surface area contributed by atoms with Gasteiger partial charge in [-0.1, -0.05) is 111 Å². The third-order valence-electron chi connectivity index (χ3n) is 15.6. The van der Waals surface area contributed by atoms with Crippen molar-refractivity contribution in [3.8, 4) is 11.1 Å². The normalized spacial score (nSPS) is 45.1. The highest BCUT2D eigenvalue weighted by Gasteiger charge is 2.68. The summed E-state index contributed by atoms with van der Waals surface area (Å²) in [5.41, 5.74) is 4.65.